The summed E-state index contributed by atoms with van der Waals surface area (Å²) in [5.41, 5.74) is 3.59. The normalized spacial score (nSPS) is 19.2. The van der Waals surface area contributed by atoms with Crippen molar-refractivity contribution in [1.82, 2.24) is 14.7 Å². The minimum atomic E-state index is -0.132. The molecular formula is C30H33N3O2. The zero-order valence-corrected chi connectivity index (χ0v) is 20.1. The summed E-state index contributed by atoms with van der Waals surface area (Å²) in [4.78, 5) is 32.5. The van der Waals surface area contributed by atoms with Crippen LogP contribution in [0.4, 0.5) is 0 Å². The zero-order chi connectivity index (χ0) is 24.0. The number of piperazine rings is 1. The fourth-order valence-corrected chi connectivity index (χ4v) is 5.47. The molecule has 0 bridgehead atoms. The zero-order valence-electron chi connectivity index (χ0n) is 20.1. The summed E-state index contributed by atoms with van der Waals surface area (Å²) in [6, 6.07) is 31.3. The van der Waals surface area contributed by atoms with Gasteiger partial charge in [-0.1, -0.05) is 91.0 Å². The van der Waals surface area contributed by atoms with Crippen LogP contribution < -0.4 is 0 Å². The number of nitrogens with zero attached hydrogens (tertiary/aromatic N) is 3. The summed E-state index contributed by atoms with van der Waals surface area (Å²) in [7, 11) is 0. The van der Waals surface area contributed by atoms with E-state index in [-0.39, 0.29) is 30.3 Å². The molecule has 2 aliphatic heterocycles. The monoisotopic (exact) mass is 467 g/mol. The molecular weight excluding hydrogens is 434 g/mol. The van der Waals surface area contributed by atoms with Crippen molar-refractivity contribution >= 4 is 11.8 Å². The number of hydrogen-bond acceptors (Lipinski definition) is 3. The number of amides is 2. The van der Waals surface area contributed by atoms with Gasteiger partial charge in [0.2, 0.25) is 11.8 Å². The Morgan fingerprint density at radius 3 is 1.86 bits per heavy atom. The molecule has 35 heavy (non-hydrogen) atoms. The molecule has 0 spiro atoms. The third-order valence-electron chi connectivity index (χ3n) is 7.32. The van der Waals surface area contributed by atoms with Crippen molar-refractivity contribution in [2.45, 2.75) is 24.8 Å². The van der Waals surface area contributed by atoms with Crippen LogP contribution in [0.3, 0.4) is 0 Å². The minimum Gasteiger partial charge on any atom is -0.339 e. The first-order chi connectivity index (χ1) is 17.2. The van der Waals surface area contributed by atoms with E-state index in [1.54, 1.807) is 4.90 Å². The van der Waals surface area contributed by atoms with Crippen molar-refractivity contribution in [2.75, 3.05) is 39.3 Å². The lowest BCUT2D eigenvalue weighted by atomic mass is 9.90. The third-order valence-corrected chi connectivity index (χ3v) is 7.32. The van der Waals surface area contributed by atoms with Gasteiger partial charge < -0.3 is 9.80 Å². The number of rotatable bonds is 6. The Morgan fingerprint density at radius 1 is 0.743 bits per heavy atom. The van der Waals surface area contributed by atoms with Crippen molar-refractivity contribution in [1.29, 1.82) is 0 Å². The summed E-state index contributed by atoms with van der Waals surface area (Å²) >= 11 is 0. The van der Waals surface area contributed by atoms with Gasteiger partial charge in [-0.05, 0) is 29.5 Å². The average Bonchev–Trinajstić information content (AvgIpc) is 2.92. The molecule has 0 aliphatic carbocycles. The molecule has 2 heterocycles. The first-order valence-electron chi connectivity index (χ1n) is 12.7. The van der Waals surface area contributed by atoms with E-state index >= 15 is 0 Å². The summed E-state index contributed by atoms with van der Waals surface area (Å²) in [6.07, 6.45) is 1.79. The first kappa shape index (κ1) is 23.3. The summed E-state index contributed by atoms with van der Waals surface area (Å²) in [5.74, 6) is 0.0115. The van der Waals surface area contributed by atoms with E-state index < -0.39 is 0 Å². The molecule has 0 N–H and O–H groups in total. The smallest absolute Gasteiger partial charge is 0.242 e. The van der Waals surface area contributed by atoms with E-state index in [4.69, 9.17) is 0 Å². The second-order valence-corrected chi connectivity index (χ2v) is 9.51. The molecule has 2 saturated heterocycles. The number of piperidine rings is 1. The second kappa shape index (κ2) is 10.9. The molecule has 3 aromatic carbocycles. The molecule has 1 atom stereocenters. The fourth-order valence-electron chi connectivity index (χ4n) is 5.47. The van der Waals surface area contributed by atoms with Crippen LogP contribution in [0.5, 0.6) is 0 Å². The molecule has 0 saturated carbocycles. The Balaban J connectivity index is 1.22. The van der Waals surface area contributed by atoms with Crippen molar-refractivity contribution in [3.63, 3.8) is 0 Å². The second-order valence-electron chi connectivity index (χ2n) is 9.51. The Morgan fingerprint density at radius 2 is 1.29 bits per heavy atom. The van der Waals surface area contributed by atoms with Crippen LogP contribution in [0, 0.1) is 0 Å². The van der Waals surface area contributed by atoms with Crippen LogP contribution in [0.2, 0.25) is 0 Å². The average molecular weight is 468 g/mol. The Labute approximate surface area is 208 Å². The number of carbonyl (C=O) groups is 2. The molecule has 180 valence electrons. The topological polar surface area (TPSA) is 43.9 Å². The van der Waals surface area contributed by atoms with Gasteiger partial charge in [-0.3, -0.25) is 14.5 Å². The van der Waals surface area contributed by atoms with E-state index in [0.717, 1.165) is 31.5 Å². The van der Waals surface area contributed by atoms with Crippen molar-refractivity contribution in [2.24, 2.45) is 0 Å². The van der Waals surface area contributed by atoms with Crippen LogP contribution in [-0.2, 0) is 9.59 Å². The summed E-state index contributed by atoms with van der Waals surface area (Å²) in [5, 5.41) is 0. The van der Waals surface area contributed by atoms with E-state index in [0.29, 0.717) is 19.6 Å². The SMILES string of the molecule is O=C(CN1CCCC(c2ccccc2)C1=O)N1CCN(C(c2ccccc2)c2ccccc2)CC1. The molecule has 5 rings (SSSR count). The highest BCUT2D eigenvalue weighted by Crippen LogP contribution is 2.30. The quantitative estimate of drug-likeness (QED) is 0.542. The lowest BCUT2D eigenvalue weighted by molar-refractivity contribution is -0.144. The first-order valence-corrected chi connectivity index (χ1v) is 12.7. The predicted octanol–water partition coefficient (Wildman–Crippen LogP) is 4.33. The fraction of sp³-hybridized carbons (Fsp3) is 0.333. The maximum absolute atomic E-state index is 13.2. The number of likely N-dealkylation sites (tertiary alicyclic amines) is 1. The highest BCUT2D eigenvalue weighted by atomic mass is 16.2. The number of carbonyl (C=O) groups excluding carboxylic acids is 2. The van der Waals surface area contributed by atoms with Crippen LogP contribution >= 0.6 is 0 Å². The number of hydrogen-bond donors (Lipinski definition) is 0. The largest absolute Gasteiger partial charge is 0.339 e. The van der Waals surface area contributed by atoms with E-state index in [9.17, 15) is 9.59 Å². The highest BCUT2D eigenvalue weighted by molar-refractivity contribution is 5.89. The van der Waals surface area contributed by atoms with Gasteiger partial charge >= 0.3 is 0 Å². The number of benzene rings is 3. The molecule has 0 aromatic heterocycles. The van der Waals surface area contributed by atoms with Crippen molar-refractivity contribution < 1.29 is 9.59 Å². The Hall–Kier alpha value is -3.44. The van der Waals surface area contributed by atoms with Gasteiger partial charge in [0.15, 0.2) is 0 Å². The van der Waals surface area contributed by atoms with E-state index in [1.165, 1.54) is 11.1 Å². The standard InChI is InChI=1S/C30H33N3O2/c34-28(23-33-18-10-17-27(30(33)35)24-11-4-1-5-12-24)31-19-21-32(22-20-31)29(25-13-6-2-7-14-25)26-15-8-3-9-16-26/h1-9,11-16,27,29H,10,17-23H2. The van der Waals surface area contributed by atoms with E-state index in [1.807, 2.05) is 47.4 Å². The van der Waals surface area contributed by atoms with Crippen LogP contribution in [0.15, 0.2) is 91.0 Å². The molecule has 0 radical (unpaired) electrons. The van der Waals surface area contributed by atoms with Crippen molar-refractivity contribution in [3.05, 3.63) is 108 Å². The molecule has 1 unspecified atom stereocenters. The van der Waals surface area contributed by atoms with Gasteiger partial charge in [-0.15, -0.1) is 0 Å². The predicted molar refractivity (Wildman–Crippen MR) is 138 cm³/mol. The molecule has 2 fully saturated rings. The lowest BCUT2D eigenvalue weighted by Crippen LogP contribution is -2.53. The highest BCUT2D eigenvalue weighted by Gasteiger charge is 2.33. The molecule has 3 aromatic rings. The van der Waals surface area contributed by atoms with Crippen LogP contribution in [0.25, 0.3) is 0 Å². The maximum Gasteiger partial charge on any atom is 0.242 e. The minimum absolute atomic E-state index is 0.0580. The summed E-state index contributed by atoms with van der Waals surface area (Å²) < 4.78 is 0. The van der Waals surface area contributed by atoms with Gasteiger partial charge in [-0.25, -0.2) is 0 Å². The maximum atomic E-state index is 13.2. The molecule has 5 heteroatoms. The molecule has 2 amide bonds. The van der Waals surface area contributed by atoms with Gasteiger partial charge in [0.25, 0.3) is 0 Å². The summed E-state index contributed by atoms with van der Waals surface area (Å²) in [6.45, 7) is 3.82. The lowest BCUT2D eigenvalue weighted by Gasteiger charge is -2.40. The molecule has 2 aliphatic rings. The van der Waals surface area contributed by atoms with Gasteiger partial charge in [0.05, 0.1) is 18.5 Å². The van der Waals surface area contributed by atoms with Crippen molar-refractivity contribution in [3.8, 4) is 0 Å². The van der Waals surface area contributed by atoms with E-state index in [2.05, 4.69) is 53.4 Å². The molecule has 5 nitrogen and oxygen atoms in total. The van der Waals surface area contributed by atoms with Crippen LogP contribution in [-0.4, -0.2) is 65.8 Å². The van der Waals surface area contributed by atoms with Gasteiger partial charge in [0, 0.05) is 32.7 Å². The van der Waals surface area contributed by atoms with Crippen LogP contribution in [0.1, 0.15) is 41.5 Å². The van der Waals surface area contributed by atoms with Gasteiger partial charge in [0.1, 0.15) is 0 Å². The third kappa shape index (κ3) is 5.30. The Bertz CT molecular complexity index is 1070. The van der Waals surface area contributed by atoms with Gasteiger partial charge in [-0.2, -0.15) is 0 Å². The Kier molecular flexibility index (Phi) is 7.24.